The Hall–Kier alpha value is -2.36. The van der Waals surface area contributed by atoms with Crippen LogP contribution in [0.15, 0.2) is 42.5 Å². The minimum atomic E-state index is -0.610. The van der Waals surface area contributed by atoms with E-state index in [-0.39, 0.29) is 17.1 Å². The van der Waals surface area contributed by atoms with E-state index < -0.39 is 11.2 Å². The predicted molar refractivity (Wildman–Crippen MR) is 79.0 cm³/mol. The molecule has 0 amide bonds. The maximum absolute atomic E-state index is 14.3. The number of hydrogen-bond donors (Lipinski definition) is 1. The van der Waals surface area contributed by atoms with Crippen LogP contribution in [0.2, 0.25) is 0 Å². The van der Waals surface area contributed by atoms with E-state index in [0.717, 1.165) is 18.4 Å². The number of carbonyl (C=O) groups excluding carboxylic acids is 1. The highest BCUT2D eigenvalue weighted by Gasteiger charge is 2.51. The Balaban J connectivity index is 2.01. The molecule has 21 heavy (non-hydrogen) atoms. The van der Waals surface area contributed by atoms with Gasteiger partial charge in [0.2, 0.25) is 0 Å². The molecule has 0 aliphatic heterocycles. The summed E-state index contributed by atoms with van der Waals surface area (Å²) in [5, 5.41) is 0. The molecule has 3 nitrogen and oxygen atoms in total. The summed E-state index contributed by atoms with van der Waals surface area (Å²) in [5.74, 6) is -0.690. The molecule has 0 unspecified atom stereocenters. The van der Waals surface area contributed by atoms with E-state index in [9.17, 15) is 9.18 Å². The molecule has 3 rings (SSSR count). The van der Waals surface area contributed by atoms with Gasteiger partial charge in [-0.25, -0.2) is 4.39 Å². The fraction of sp³-hybridized carbons (Fsp3) is 0.235. The zero-order valence-corrected chi connectivity index (χ0v) is 11.7. The van der Waals surface area contributed by atoms with Crippen LogP contribution in [0.25, 0.3) is 0 Å². The number of nitrogen functional groups attached to an aromatic ring is 1. The third-order valence-electron chi connectivity index (χ3n) is 4.08. The highest BCUT2D eigenvalue weighted by atomic mass is 19.1. The third-order valence-corrected chi connectivity index (χ3v) is 4.08. The number of methoxy groups -OCH3 is 1. The molecule has 108 valence electrons. The van der Waals surface area contributed by atoms with Crippen molar-refractivity contribution >= 4 is 11.5 Å². The quantitative estimate of drug-likeness (QED) is 0.692. The number of benzene rings is 2. The number of ketones is 1. The average Bonchev–Trinajstić information content (AvgIpc) is 3.29. The first-order chi connectivity index (χ1) is 10.1. The number of ether oxygens (including phenoxy) is 1. The minimum absolute atomic E-state index is 0.0867. The predicted octanol–water partition coefficient (Wildman–Crippen LogP) is 3.33. The first-order valence-corrected chi connectivity index (χ1v) is 6.82. The van der Waals surface area contributed by atoms with Gasteiger partial charge in [-0.2, -0.15) is 0 Å². The second kappa shape index (κ2) is 4.88. The lowest BCUT2D eigenvalue weighted by atomic mass is 9.87. The molecule has 2 aromatic rings. The summed E-state index contributed by atoms with van der Waals surface area (Å²) in [5.41, 5.74) is 6.69. The number of anilines is 1. The van der Waals surface area contributed by atoms with Gasteiger partial charge >= 0.3 is 0 Å². The number of Topliss-reactive ketones (excluding diaryl/α,β-unsaturated/α-hetero) is 1. The zero-order valence-electron chi connectivity index (χ0n) is 11.7. The molecule has 1 aliphatic carbocycles. The van der Waals surface area contributed by atoms with Crippen molar-refractivity contribution in [1.29, 1.82) is 0 Å². The smallest absolute Gasteiger partial charge is 0.176 e. The van der Waals surface area contributed by atoms with Gasteiger partial charge in [0.05, 0.1) is 18.1 Å². The molecule has 0 saturated heterocycles. The topological polar surface area (TPSA) is 52.3 Å². The van der Waals surface area contributed by atoms with Crippen molar-refractivity contribution in [3.05, 3.63) is 59.4 Å². The van der Waals surface area contributed by atoms with E-state index in [1.165, 1.54) is 19.2 Å². The van der Waals surface area contributed by atoms with Crippen LogP contribution in [0, 0.1) is 5.82 Å². The molecule has 0 spiro atoms. The van der Waals surface area contributed by atoms with Gasteiger partial charge in [-0.15, -0.1) is 0 Å². The van der Waals surface area contributed by atoms with E-state index in [1.807, 2.05) is 12.1 Å². The van der Waals surface area contributed by atoms with Gasteiger partial charge in [0.25, 0.3) is 0 Å². The van der Waals surface area contributed by atoms with Crippen molar-refractivity contribution in [1.82, 2.24) is 0 Å². The Kier molecular flexibility index (Phi) is 3.16. The van der Waals surface area contributed by atoms with Crippen LogP contribution >= 0.6 is 0 Å². The third kappa shape index (κ3) is 2.17. The van der Waals surface area contributed by atoms with Crippen LogP contribution in [0.3, 0.4) is 0 Å². The van der Waals surface area contributed by atoms with Crippen molar-refractivity contribution in [3.63, 3.8) is 0 Å². The maximum atomic E-state index is 14.3. The molecule has 0 radical (unpaired) electrons. The minimum Gasteiger partial charge on any atom is -0.494 e. The molecular formula is C17H16FNO2. The normalized spacial score (nSPS) is 15.5. The number of rotatable bonds is 4. The molecule has 1 saturated carbocycles. The Labute approximate surface area is 122 Å². The molecule has 2 aromatic carbocycles. The van der Waals surface area contributed by atoms with Crippen molar-refractivity contribution in [3.8, 4) is 5.75 Å². The van der Waals surface area contributed by atoms with Crippen LogP contribution in [-0.4, -0.2) is 12.9 Å². The molecule has 0 bridgehead atoms. The standard InChI is InChI=1S/C17H16FNO2/c1-21-14-4-2-3-13(15(14)18)16(20)17(9-10-17)11-5-7-12(19)8-6-11/h2-8H,9-10,19H2,1H3. The Morgan fingerprint density at radius 1 is 1.19 bits per heavy atom. The van der Waals surface area contributed by atoms with Gasteiger partial charge in [0.15, 0.2) is 17.3 Å². The molecule has 1 fully saturated rings. The summed E-state index contributed by atoms with van der Waals surface area (Å²) in [6.07, 6.45) is 1.46. The lowest BCUT2D eigenvalue weighted by molar-refractivity contribution is 0.0941. The summed E-state index contributed by atoms with van der Waals surface area (Å²) < 4.78 is 19.2. The van der Waals surface area contributed by atoms with E-state index in [4.69, 9.17) is 10.5 Å². The van der Waals surface area contributed by atoms with E-state index in [1.54, 1.807) is 18.2 Å². The number of halogens is 1. The fourth-order valence-electron chi connectivity index (χ4n) is 2.68. The van der Waals surface area contributed by atoms with Gasteiger partial charge in [-0.3, -0.25) is 4.79 Å². The van der Waals surface area contributed by atoms with E-state index in [0.29, 0.717) is 5.69 Å². The van der Waals surface area contributed by atoms with Crippen LogP contribution in [0.5, 0.6) is 5.75 Å². The monoisotopic (exact) mass is 285 g/mol. The highest BCUT2D eigenvalue weighted by molar-refractivity contribution is 6.06. The van der Waals surface area contributed by atoms with Crippen molar-refractivity contribution < 1.29 is 13.9 Å². The average molecular weight is 285 g/mol. The lowest BCUT2D eigenvalue weighted by Crippen LogP contribution is -2.22. The van der Waals surface area contributed by atoms with Gasteiger partial charge in [-0.1, -0.05) is 18.2 Å². The summed E-state index contributed by atoms with van der Waals surface area (Å²) >= 11 is 0. The first-order valence-electron chi connectivity index (χ1n) is 6.82. The van der Waals surface area contributed by atoms with Gasteiger partial charge < -0.3 is 10.5 Å². The molecule has 0 heterocycles. The van der Waals surface area contributed by atoms with Crippen molar-refractivity contribution in [2.75, 3.05) is 12.8 Å². The maximum Gasteiger partial charge on any atom is 0.176 e. The second-order valence-corrected chi connectivity index (χ2v) is 5.36. The van der Waals surface area contributed by atoms with Gasteiger partial charge in [0.1, 0.15) is 0 Å². The molecule has 0 aromatic heterocycles. The van der Waals surface area contributed by atoms with Gasteiger partial charge in [-0.05, 0) is 42.7 Å². The SMILES string of the molecule is COc1cccc(C(=O)C2(c3ccc(N)cc3)CC2)c1F. The molecular weight excluding hydrogens is 269 g/mol. The molecule has 2 N–H and O–H groups in total. The molecule has 4 heteroatoms. The van der Waals surface area contributed by atoms with Gasteiger partial charge in [0, 0.05) is 5.69 Å². The number of carbonyl (C=O) groups is 1. The summed E-state index contributed by atoms with van der Waals surface area (Å²) in [6.45, 7) is 0. The first kappa shape index (κ1) is 13.6. The number of hydrogen-bond acceptors (Lipinski definition) is 3. The summed E-state index contributed by atoms with van der Waals surface area (Å²) in [7, 11) is 1.39. The second-order valence-electron chi connectivity index (χ2n) is 5.36. The van der Waals surface area contributed by atoms with Crippen LogP contribution in [0.4, 0.5) is 10.1 Å². The number of nitrogens with two attached hydrogens (primary N) is 1. The van der Waals surface area contributed by atoms with Crippen LogP contribution in [0.1, 0.15) is 28.8 Å². The van der Waals surface area contributed by atoms with Crippen molar-refractivity contribution in [2.45, 2.75) is 18.3 Å². The fourth-order valence-corrected chi connectivity index (χ4v) is 2.68. The molecule has 1 aliphatic rings. The summed E-state index contributed by atoms with van der Waals surface area (Å²) in [4.78, 5) is 12.8. The molecule has 0 atom stereocenters. The lowest BCUT2D eigenvalue weighted by Gasteiger charge is -2.16. The summed E-state index contributed by atoms with van der Waals surface area (Å²) in [6, 6.07) is 11.9. The van der Waals surface area contributed by atoms with Crippen molar-refractivity contribution in [2.24, 2.45) is 0 Å². The van der Waals surface area contributed by atoms with E-state index in [2.05, 4.69) is 0 Å². The largest absolute Gasteiger partial charge is 0.494 e. The Bertz CT molecular complexity index is 690. The highest BCUT2D eigenvalue weighted by Crippen LogP contribution is 2.51. The van der Waals surface area contributed by atoms with Crippen LogP contribution < -0.4 is 10.5 Å². The van der Waals surface area contributed by atoms with Crippen LogP contribution in [-0.2, 0) is 5.41 Å². The Morgan fingerprint density at radius 3 is 2.43 bits per heavy atom. The Morgan fingerprint density at radius 2 is 1.86 bits per heavy atom. The van der Waals surface area contributed by atoms with E-state index >= 15 is 0 Å². The zero-order chi connectivity index (χ0) is 15.0.